The molecule has 0 spiro atoms. The lowest BCUT2D eigenvalue weighted by Gasteiger charge is -2.06. The SMILES string of the molecule is F[B-](F)(F)/C=C/c1cc(C2CC2)ccn1. The van der Waals surface area contributed by atoms with Gasteiger partial charge in [-0.1, -0.05) is 6.08 Å². The zero-order valence-corrected chi connectivity index (χ0v) is 8.04. The molecule has 5 heteroatoms. The second-order valence-corrected chi connectivity index (χ2v) is 3.77. The lowest BCUT2D eigenvalue weighted by Crippen LogP contribution is -2.09. The van der Waals surface area contributed by atoms with E-state index < -0.39 is 6.98 Å². The van der Waals surface area contributed by atoms with Crippen LogP contribution in [0.25, 0.3) is 6.08 Å². The van der Waals surface area contributed by atoms with Gasteiger partial charge in [0.25, 0.3) is 0 Å². The summed E-state index contributed by atoms with van der Waals surface area (Å²) < 4.78 is 35.9. The molecule has 0 amide bonds. The standard InChI is InChI=1S/C10H10BF3N/c12-11(13,14)5-3-10-7-9(4-6-15-10)8-1-2-8/h3-8H,1-2H2/q-1/b5-3+. The van der Waals surface area contributed by atoms with Crippen LogP contribution in [-0.2, 0) is 0 Å². The second kappa shape index (κ2) is 3.72. The molecule has 1 aromatic heterocycles. The molecule has 1 heterocycles. The zero-order chi connectivity index (χ0) is 10.9. The summed E-state index contributed by atoms with van der Waals surface area (Å²) in [6.45, 7) is -4.86. The van der Waals surface area contributed by atoms with Crippen LogP contribution in [-0.4, -0.2) is 12.0 Å². The normalized spacial score (nSPS) is 17.3. The molecule has 0 unspecified atom stereocenters. The zero-order valence-electron chi connectivity index (χ0n) is 8.04. The summed E-state index contributed by atoms with van der Waals surface area (Å²) in [6.07, 6.45) is 4.87. The molecule has 1 aliphatic carbocycles. The van der Waals surface area contributed by atoms with Crippen LogP contribution < -0.4 is 0 Å². The molecular formula is C10H10BF3N-. The fourth-order valence-electron chi connectivity index (χ4n) is 1.43. The van der Waals surface area contributed by atoms with Crippen molar-refractivity contribution in [2.75, 3.05) is 0 Å². The highest BCUT2D eigenvalue weighted by Crippen LogP contribution is 2.39. The lowest BCUT2D eigenvalue weighted by atomic mass is 9.91. The summed E-state index contributed by atoms with van der Waals surface area (Å²) in [4.78, 5) is 3.88. The van der Waals surface area contributed by atoms with Crippen LogP contribution in [0.4, 0.5) is 12.9 Å². The maximum absolute atomic E-state index is 12.0. The maximum Gasteiger partial charge on any atom is 0.502 e. The van der Waals surface area contributed by atoms with Crippen molar-refractivity contribution in [3.63, 3.8) is 0 Å². The van der Waals surface area contributed by atoms with Crippen LogP contribution in [0.2, 0.25) is 0 Å². The Labute approximate surface area is 86.1 Å². The van der Waals surface area contributed by atoms with Gasteiger partial charge in [-0.2, -0.15) is 0 Å². The van der Waals surface area contributed by atoms with Crippen LogP contribution in [0.15, 0.2) is 24.3 Å². The molecule has 1 aliphatic rings. The van der Waals surface area contributed by atoms with Crippen molar-refractivity contribution in [1.29, 1.82) is 0 Å². The highest BCUT2D eigenvalue weighted by Gasteiger charge is 2.23. The van der Waals surface area contributed by atoms with E-state index in [9.17, 15) is 12.9 Å². The Hall–Kier alpha value is -1.26. The Balaban J connectivity index is 2.14. The van der Waals surface area contributed by atoms with Crippen molar-refractivity contribution in [2.24, 2.45) is 0 Å². The summed E-state index contributed by atoms with van der Waals surface area (Å²) in [6, 6.07) is 3.60. The predicted octanol–water partition coefficient (Wildman–Crippen LogP) is 3.36. The van der Waals surface area contributed by atoms with E-state index in [-0.39, 0.29) is 5.98 Å². The summed E-state index contributed by atoms with van der Waals surface area (Å²) in [5.74, 6) is 0.815. The number of hydrogen-bond acceptors (Lipinski definition) is 1. The van der Waals surface area contributed by atoms with Gasteiger partial charge in [0.05, 0.1) is 5.69 Å². The molecule has 1 saturated carbocycles. The minimum atomic E-state index is -4.86. The van der Waals surface area contributed by atoms with E-state index >= 15 is 0 Å². The lowest BCUT2D eigenvalue weighted by molar-refractivity contribution is 0.499. The van der Waals surface area contributed by atoms with Crippen molar-refractivity contribution in [2.45, 2.75) is 18.8 Å². The minimum Gasteiger partial charge on any atom is -0.445 e. The fraction of sp³-hybridized carbons (Fsp3) is 0.300. The van der Waals surface area contributed by atoms with Gasteiger partial charge in [0, 0.05) is 6.20 Å². The Bertz CT molecular complexity index is 382. The predicted molar refractivity (Wildman–Crippen MR) is 54.3 cm³/mol. The van der Waals surface area contributed by atoms with Crippen molar-refractivity contribution < 1.29 is 12.9 Å². The van der Waals surface area contributed by atoms with Gasteiger partial charge in [0.1, 0.15) is 0 Å². The topological polar surface area (TPSA) is 12.9 Å². The minimum absolute atomic E-state index is 0.277. The van der Waals surface area contributed by atoms with E-state index in [1.54, 1.807) is 12.3 Å². The Morgan fingerprint density at radius 3 is 2.67 bits per heavy atom. The molecule has 2 rings (SSSR count). The van der Waals surface area contributed by atoms with Gasteiger partial charge in [-0.25, -0.2) is 0 Å². The second-order valence-electron chi connectivity index (χ2n) is 3.77. The first-order valence-electron chi connectivity index (χ1n) is 4.90. The molecule has 80 valence electrons. The summed E-state index contributed by atoms with van der Waals surface area (Å²) in [7, 11) is 0. The van der Waals surface area contributed by atoms with Crippen LogP contribution in [0.1, 0.15) is 30.0 Å². The highest BCUT2D eigenvalue weighted by atomic mass is 19.4. The number of pyridine rings is 1. The van der Waals surface area contributed by atoms with Gasteiger partial charge >= 0.3 is 6.98 Å². The van der Waals surface area contributed by atoms with Crippen LogP contribution in [0, 0.1) is 0 Å². The van der Waals surface area contributed by atoms with E-state index in [1.165, 1.54) is 0 Å². The Kier molecular flexibility index (Phi) is 2.55. The maximum atomic E-state index is 12.0. The van der Waals surface area contributed by atoms with Gasteiger partial charge in [-0.05, 0) is 36.5 Å². The van der Waals surface area contributed by atoms with Crippen molar-refractivity contribution in [3.8, 4) is 0 Å². The first-order chi connectivity index (χ1) is 7.04. The third-order valence-electron chi connectivity index (χ3n) is 2.34. The van der Waals surface area contributed by atoms with Gasteiger partial charge < -0.3 is 12.9 Å². The van der Waals surface area contributed by atoms with E-state index in [0.29, 0.717) is 11.6 Å². The molecule has 0 aliphatic heterocycles. The molecule has 0 atom stereocenters. The van der Waals surface area contributed by atoms with Gasteiger partial charge in [-0.3, -0.25) is 4.98 Å². The molecule has 0 N–H and O–H groups in total. The average Bonchev–Trinajstić information content (AvgIpc) is 2.97. The smallest absolute Gasteiger partial charge is 0.445 e. The Morgan fingerprint density at radius 1 is 1.33 bits per heavy atom. The molecular weight excluding hydrogens is 202 g/mol. The number of halogens is 3. The molecule has 1 nitrogen and oxygen atoms in total. The molecule has 15 heavy (non-hydrogen) atoms. The van der Waals surface area contributed by atoms with Crippen molar-refractivity contribution in [3.05, 3.63) is 35.6 Å². The molecule has 0 aromatic carbocycles. The first-order valence-corrected chi connectivity index (χ1v) is 4.90. The molecule has 0 radical (unpaired) electrons. The fourth-order valence-corrected chi connectivity index (χ4v) is 1.43. The molecule has 1 aromatic rings. The first kappa shape index (κ1) is 10.3. The third-order valence-corrected chi connectivity index (χ3v) is 2.34. The Morgan fingerprint density at radius 2 is 2.07 bits per heavy atom. The van der Waals surface area contributed by atoms with Gasteiger partial charge in [0.2, 0.25) is 0 Å². The molecule has 1 fully saturated rings. The number of aromatic nitrogens is 1. The van der Waals surface area contributed by atoms with Crippen molar-refractivity contribution >= 4 is 13.1 Å². The summed E-state index contributed by atoms with van der Waals surface area (Å²) in [5, 5.41) is 0. The number of nitrogens with zero attached hydrogens (tertiary/aromatic N) is 1. The van der Waals surface area contributed by atoms with E-state index in [4.69, 9.17) is 0 Å². The highest BCUT2D eigenvalue weighted by molar-refractivity contribution is 6.64. The third kappa shape index (κ3) is 3.11. The monoisotopic (exact) mass is 212 g/mol. The van der Waals surface area contributed by atoms with E-state index in [2.05, 4.69) is 4.98 Å². The van der Waals surface area contributed by atoms with Crippen molar-refractivity contribution in [1.82, 2.24) is 4.98 Å². The van der Waals surface area contributed by atoms with Crippen LogP contribution in [0.5, 0.6) is 0 Å². The average molecular weight is 212 g/mol. The number of rotatable bonds is 3. The summed E-state index contributed by atoms with van der Waals surface area (Å²) in [5.41, 5.74) is 1.48. The summed E-state index contributed by atoms with van der Waals surface area (Å²) >= 11 is 0. The molecule has 0 bridgehead atoms. The van der Waals surface area contributed by atoms with Crippen LogP contribution in [0.3, 0.4) is 0 Å². The van der Waals surface area contributed by atoms with Crippen LogP contribution >= 0.6 is 0 Å². The quantitative estimate of drug-likeness (QED) is 0.700. The number of hydrogen-bond donors (Lipinski definition) is 0. The van der Waals surface area contributed by atoms with Gasteiger partial charge in [0.15, 0.2) is 0 Å². The largest absolute Gasteiger partial charge is 0.502 e. The van der Waals surface area contributed by atoms with E-state index in [1.807, 2.05) is 6.07 Å². The molecule has 0 saturated heterocycles. The van der Waals surface area contributed by atoms with Gasteiger partial charge in [-0.15, -0.1) is 5.98 Å². The van der Waals surface area contributed by atoms with E-state index in [0.717, 1.165) is 24.5 Å².